The van der Waals surface area contributed by atoms with Gasteiger partial charge in [0.2, 0.25) is 0 Å². The minimum absolute atomic E-state index is 0.0545. The molecular formula is C16H21NO2. The molecule has 1 aromatic rings. The Morgan fingerprint density at radius 2 is 2.00 bits per heavy atom. The molecule has 1 heterocycles. The quantitative estimate of drug-likeness (QED) is 0.833. The highest BCUT2D eigenvalue weighted by Crippen LogP contribution is 2.26. The average molecular weight is 259 g/mol. The van der Waals surface area contributed by atoms with Crippen LogP contribution in [0.15, 0.2) is 30.3 Å². The molecule has 19 heavy (non-hydrogen) atoms. The van der Waals surface area contributed by atoms with Crippen molar-refractivity contribution in [1.29, 1.82) is 0 Å². The Morgan fingerprint density at radius 1 is 1.32 bits per heavy atom. The van der Waals surface area contributed by atoms with Crippen LogP contribution in [0.5, 0.6) is 0 Å². The minimum atomic E-state index is -0.0554. The number of ketones is 1. The van der Waals surface area contributed by atoms with E-state index in [4.69, 9.17) is 0 Å². The summed E-state index contributed by atoms with van der Waals surface area (Å²) in [6.45, 7) is 4.60. The number of rotatable bonds is 4. The average Bonchev–Trinajstić information content (AvgIpc) is 2.95. The van der Waals surface area contributed by atoms with Crippen LogP contribution in [-0.2, 0) is 4.79 Å². The third-order valence-electron chi connectivity index (χ3n) is 4.01. The second kappa shape index (κ2) is 6.00. The minimum Gasteiger partial charge on any atom is -0.335 e. The molecule has 1 aromatic carbocycles. The molecule has 0 N–H and O–H groups in total. The molecule has 3 heteroatoms. The summed E-state index contributed by atoms with van der Waals surface area (Å²) in [6.07, 6.45) is 2.47. The molecule has 1 saturated heterocycles. The molecule has 2 rings (SSSR count). The van der Waals surface area contributed by atoms with Gasteiger partial charge in [0.25, 0.3) is 5.91 Å². The van der Waals surface area contributed by atoms with Crippen LogP contribution >= 0.6 is 0 Å². The third kappa shape index (κ3) is 2.86. The molecule has 1 aliphatic heterocycles. The van der Waals surface area contributed by atoms with Gasteiger partial charge in [-0.25, -0.2) is 0 Å². The summed E-state index contributed by atoms with van der Waals surface area (Å²) in [7, 11) is 0. The molecule has 3 nitrogen and oxygen atoms in total. The normalized spacial score (nSPS) is 20.3. The first-order valence-corrected chi connectivity index (χ1v) is 7.04. The number of Topliss-reactive ketones (excluding diaryl/α,β-unsaturated/α-hetero) is 1. The maximum absolute atomic E-state index is 12.5. The van der Waals surface area contributed by atoms with Gasteiger partial charge in [0, 0.05) is 30.5 Å². The Hall–Kier alpha value is -1.64. The first kappa shape index (κ1) is 13.8. The molecule has 1 aliphatic rings. The molecule has 0 spiro atoms. The summed E-state index contributed by atoms with van der Waals surface area (Å²) < 4.78 is 0. The summed E-state index contributed by atoms with van der Waals surface area (Å²) in [5.74, 6) is 0.247. The van der Waals surface area contributed by atoms with Crippen LogP contribution < -0.4 is 0 Å². The van der Waals surface area contributed by atoms with Crippen LogP contribution in [0, 0.1) is 5.92 Å². The van der Waals surface area contributed by atoms with E-state index >= 15 is 0 Å². The van der Waals surface area contributed by atoms with Gasteiger partial charge in [0.1, 0.15) is 5.78 Å². The number of likely N-dealkylation sites (tertiary alicyclic amines) is 1. The zero-order valence-electron chi connectivity index (χ0n) is 11.6. The Morgan fingerprint density at radius 3 is 2.63 bits per heavy atom. The van der Waals surface area contributed by atoms with E-state index in [2.05, 4.69) is 0 Å². The van der Waals surface area contributed by atoms with E-state index in [-0.39, 0.29) is 23.7 Å². The predicted molar refractivity (Wildman–Crippen MR) is 75.0 cm³/mol. The number of amides is 1. The summed E-state index contributed by atoms with van der Waals surface area (Å²) in [5.41, 5.74) is 0.713. The lowest BCUT2D eigenvalue weighted by molar-refractivity contribution is -0.123. The standard InChI is InChI=1S/C16H21NO2/c1-3-15(18)12(2)14-10-7-11-17(14)16(19)13-8-5-4-6-9-13/h4-6,8-9,12,14H,3,7,10-11H2,1-2H3/t12-,14+/m0/s1. The van der Waals surface area contributed by atoms with E-state index in [1.54, 1.807) is 0 Å². The fourth-order valence-corrected chi connectivity index (χ4v) is 2.85. The monoisotopic (exact) mass is 259 g/mol. The molecule has 2 atom stereocenters. The van der Waals surface area contributed by atoms with E-state index in [0.29, 0.717) is 12.0 Å². The second-order valence-corrected chi connectivity index (χ2v) is 5.18. The van der Waals surface area contributed by atoms with Crippen molar-refractivity contribution < 1.29 is 9.59 Å². The molecule has 0 bridgehead atoms. The maximum Gasteiger partial charge on any atom is 0.254 e. The third-order valence-corrected chi connectivity index (χ3v) is 4.01. The van der Waals surface area contributed by atoms with Crippen molar-refractivity contribution in [3.63, 3.8) is 0 Å². The molecule has 0 radical (unpaired) electrons. The van der Waals surface area contributed by atoms with Crippen LogP contribution in [-0.4, -0.2) is 29.2 Å². The van der Waals surface area contributed by atoms with E-state index in [9.17, 15) is 9.59 Å². The summed E-state index contributed by atoms with van der Waals surface area (Å²) in [6, 6.07) is 9.40. The first-order chi connectivity index (χ1) is 9.15. The van der Waals surface area contributed by atoms with E-state index < -0.39 is 0 Å². The van der Waals surface area contributed by atoms with Gasteiger partial charge in [-0.3, -0.25) is 9.59 Å². The number of hydrogen-bond acceptors (Lipinski definition) is 2. The predicted octanol–water partition coefficient (Wildman–Crippen LogP) is 2.91. The maximum atomic E-state index is 12.5. The van der Waals surface area contributed by atoms with Gasteiger partial charge in [-0.2, -0.15) is 0 Å². The van der Waals surface area contributed by atoms with Gasteiger partial charge in [0.15, 0.2) is 0 Å². The van der Waals surface area contributed by atoms with Gasteiger partial charge in [-0.1, -0.05) is 32.0 Å². The molecule has 1 fully saturated rings. The van der Waals surface area contributed by atoms with Crippen molar-refractivity contribution in [1.82, 2.24) is 4.90 Å². The van der Waals surface area contributed by atoms with Crippen molar-refractivity contribution in [2.75, 3.05) is 6.54 Å². The van der Waals surface area contributed by atoms with Crippen LogP contribution in [0.3, 0.4) is 0 Å². The molecule has 0 unspecified atom stereocenters. The number of nitrogens with zero attached hydrogens (tertiary/aromatic N) is 1. The van der Waals surface area contributed by atoms with Gasteiger partial charge in [0.05, 0.1) is 0 Å². The van der Waals surface area contributed by atoms with Gasteiger partial charge >= 0.3 is 0 Å². The van der Waals surface area contributed by atoms with Crippen molar-refractivity contribution in [3.05, 3.63) is 35.9 Å². The van der Waals surface area contributed by atoms with Crippen molar-refractivity contribution in [2.24, 2.45) is 5.92 Å². The van der Waals surface area contributed by atoms with Crippen LogP contribution in [0.25, 0.3) is 0 Å². The zero-order valence-corrected chi connectivity index (χ0v) is 11.6. The number of hydrogen-bond donors (Lipinski definition) is 0. The van der Waals surface area contributed by atoms with Crippen LogP contribution in [0.2, 0.25) is 0 Å². The molecule has 1 amide bonds. The SMILES string of the molecule is CCC(=O)[C@@H](C)[C@H]1CCCN1C(=O)c1ccccc1. The molecule has 0 aromatic heterocycles. The fraction of sp³-hybridized carbons (Fsp3) is 0.500. The lowest BCUT2D eigenvalue weighted by Gasteiger charge is -2.28. The summed E-state index contributed by atoms with van der Waals surface area (Å²) in [4.78, 5) is 26.2. The topological polar surface area (TPSA) is 37.4 Å². The van der Waals surface area contributed by atoms with Crippen molar-refractivity contribution >= 4 is 11.7 Å². The van der Waals surface area contributed by atoms with E-state index in [1.807, 2.05) is 49.1 Å². The lowest BCUT2D eigenvalue weighted by Crippen LogP contribution is -2.41. The number of carbonyl (C=O) groups excluding carboxylic acids is 2. The number of benzene rings is 1. The molecular weight excluding hydrogens is 238 g/mol. The highest BCUT2D eigenvalue weighted by atomic mass is 16.2. The summed E-state index contributed by atoms with van der Waals surface area (Å²) >= 11 is 0. The molecule has 0 aliphatic carbocycles. The molecule has 0 saturated carbocycles. The van der Waals surface area contributed by atoms with Crippen LogP contribution in [0.1, 0.15) is 43.5 Å². The van der Waals surface area contributed by atoms with Crippen LogP contribution in [0.4, 0.5) is 0 Å². The lowest BCUT2D eigenvalue weighted by atomic mass is 9.93. The van der Waals surface area contributed by atoms with Gasteiger partial charge in [-0.15, -0.1) is 0 Å². The Balaban J connectivity index is 2.15. The van der Waals surface area contributed by atoms with Crippen molar-refractivity contribution in [2.45, 2.75) is 39.2 Å². The van der Waals surface area contributed by atoms with E-state index in [0.717, 1.165) is 19.4 Å². The second-order valence-electron chi connectivity index (χ2n) is 5.18. The van der Waals surface area contributed by atoms with Crippen molar-refractivity contribution in [3.8, 4) is 0 Å². The summed E-state index contributed by atoms with van der Waals surface area (Å²) in [5, 5.41) is 0. The Bertz CT molecular complexity index is 455. The van der Waals surface area contributed by atoms with E-state index in [1.165, 1.54) is 0 Å². The largest absolute Gasteiger partial charge is 0.335 e. The Kier molecular flexibility index (Phi) is 4.35. The number of carbonyl (C=O) groups is 2. The van der Waals surface area contributed by atoms with Gasteiger partial charge in [-0.05, 0) is 25.0 Å². The van der Waals surface area contributed by atoms with Gasteiger partial charge < -0.3 is 4.90 Å². The first-order valence-electron chi connectivity index (χ1n) is 7.04. The highest BCUT2D eigenvalue weighted by molar-refractivity contribution is 5.95. The fourth-order valence-electron chi connectivity index (χ4n) is 2.85. The zero-order chi connectivity index (χ0) is 13.8. The highest BCUT2D eigenvalue weighted by Gasteiger charge is 2.35. The smallest absolute Gasteiger partial charge is 0.254 e. The molecule has 102 valence electrons. The Labute approximate surface area is 114 Å².